The van der Waals surface area contributed by atoms with Gasteiger partial charge in [0.1, 0.15) is 4.90 Å². The summed E-state index contributed by atoms with van der Waals surface area (Å²) in [5, 5.41) is 5.09. The third-order valence-electron chi connectivity index (χ3n) is 4.99. The van der Waals surface area contributed by atoms with Crippen molar-refractivity contribution in [3.63, 3.8) is 0 Å². The highest BCUT2D eigenvalue weighted by molar-refractivity contribution is 7.89. The Labute approximate surface area is 160 Å². The van der Waals surface area contributed by atoms with Crippen LogP contribution in [0.25, 0.3) is 5.69 Å². The Morgan fingerprint density at radius 1 is 1.04 bits per heavy atom. The summed E-state index contributed by atoms with van der Waals surface area (Å²) in [5.41, 5.74) is 1.92. The van der Waals surface area contributed by atoms with Crippen molar-refractivity contribution in [1.29, 1.82) is 0 Å². The summed E-state index contributed by atoms with van der Waals surface area (Å²) < 4.78 is 30.7. The minimum absolute atomic E-state index is 0.0120. The maximum atomic E-state index is 13.1. The number of nitrogens with one attached hydrogen (secondary N) is 1. The van der Waals surface area contributed by atoms with Gasteiger partial charge in [0, 0.05) is 11.1 Å². The van der Waals surface area contributed by atoms with Crippen molar-refractivity contribution < 1.29 is 8.42 Å². The summed E-state index contributed by atoms with van der Waals surface area (Å²) in [7, 11) is -3.60. The lowest BCUT2D eigenvalue weighted by Gasteiger charge is -2.21. The molecule has 1 N–H and O–H groups in total. The zero-order chi connectivity index (χ0) is 18.7. The topological polar surface area (TPSA) is 64.0 Å². The Bertz CT molecular complexity index is 852. The Balaban J connectivity index is 1.88. The first-order valence-corrected chi connectivity index (χ1v) is 11.1. The number of aromatic nitrogens is 2. The fourth-order valence-corrected chi connectivity index (χ4v) is 5.53. The largest absolute Gasteiger partial charge is 0.244 e. The highest BCUT2D eigenvalue weighted by atomic mass is 35.5. The van der Waals surface area contributed by atoms with E-state index < -0.39 is 10.0 Å². The first kappa shape index (κ1) is 19.4. The van der Waals surface area contributed by atoms with Crippen LogP contribution >= 0.6 is 11.6 Å². The van der Waals surface area contributed by atoms with Gasteiger partial charge in [-0.2, -0.15) is 5.10 Å². The molecule has 1 aromatic carbocycles. The molecule has 1 aromatic heterocycles. The van der Waals surface area contributed by atoms with Gasteiger partial charge in [0.25, 0.3) is 0 Å². The molecule has 7 heteroatoms. The zero-order valence-corrected chi connectivity index (χ0v) is 16.9. The molecule has 0 amide bonds. The van der Waals surface area contributed by atoms with Crippen molar-refractivity contribution in [3.8, 4) is 5.69 Å². The van der Waals surface area contributed by atoms with Gasteiger partial charge < -0.3 is 0 Å². The third-order valence-corrected chi connectivity index (χ3v) is 7.02. The predicted octanol–water partition coefficient (Wildman–Crippen LogP) is 4.53. The number of sulfonamides is 1. The van der Waals surface area contributed by atoms with Crippen molar-refractivity contribution in [3.05, 3.63) is 40.7 Å². The number of hydrogen-bond acceptors (Lipinski definition) is 3. The maximum absolute atomic E-state index is 13.1. The van der Waals surface area contributed by atoms with Crippen molar-refractivity contribution in [2.75, 3.05) is 0 Å². The van der Waals surface area contributed by atoms with Crippen LogP contribution in [0.3, 0.4) is 0 Å². The molecule has 0 spiro atoms. The number of hydrogen-bond donors (Lipinski definition) is 1. The van der Waals surface area contributed by atoms with Crippen molar-refractivity contribution in [2.24, 2.45) is 0 Å². The van der Waals surface area contributed by atoms with Crippen LogP contribution in [-0.2, 0) is 10.0 Å². The third kappa shape index (κ3) is 4.30. The second-order valence-electron chi connectivity index (χ2n) is 7.05. The molecule has 1 aliphatic carbocycles. The molecule has 5 nitrogen and oxygen atoms in total. The molecule has 1 heterocycles. The molecular formula is C19H26ClN3O2S. The number of halogens is 1. The Morgan fingerprint density at radius 3 is 2.23 bits per heavy atom. The van der Waals surface area contributed by atoms with Gasteiger partial charge in [0.2, 0.25) is 10.0 Å². The van der Waals surface area contributed by atoms with E-state index >= 15 is 0 Å². The molecule has 1 aliphatic rings. The van der Waals surface area contributed by atoms with Gasteiger partial charge >= 0.3 is 0 Å². The van der Waals surface area contributed by atoms with E-state index in [2.05, 4.69) is 9.82 Å². The zero-order valence-electron chi connectivity index (χ0n) is 15.3. The molecule has 1 saturated carbocycles. The van der Waals surface area contributed by atoms with Crippen LogP contribution in [0.5, 0.6) is 0 Å². The van der Waals surface area contributed by atoms with Gasteiger partial charge in [-0.05, 0) is 51.0 Å². The minimum Gasteiger partial charge on any atom is -0.236 e. The molecule has 2 aromatic rings. The first-order chi connectivity index (χ1) is 12.4. The van der Waals surface area contributed by atoms with Gasteiger partial charge in [0.05, 0.1) is 17.1 Å². The molecule has 26 heavy (non-hydrogen) atoms. The average molecular weight is 396 g/mol. The minimum atomic E-state index is -3.60. The molecule has 3 rings (SSSR count). The van der Waals surface area contributed by atoms with Crippen LogP contribution in [0.2, 0.25) is 5.02 Å². The average Bonchev–Trinajstić information content (AvgIpc) is 2.86. The van der Waals surface area contributed by atoms with E-state index in [9.17, 15) is 8.42 Å². The highest BCUT2D eigenvalue weighted by Gasteiger charge is 2.27. The lowest BCUT2D eigenvalue weighted by atomic mass is 9.97. The second-order valence-corrected chi connectivity index (χ2v) is 9.14. The summed E-state index contributed by atoms with van der Waals surface area (Å²) in [6, 6.07) is 7.22. The summed E-state index contributed by atoms with van der Waals surface area (Å²) in [6.45, 7) is 3.54. The maximum Gasteiger partial charge on any atom is 0.244 e. The number of aryl methyl sites for hydroxylation is 1. The Hall–Kier alpha value is -1.37. The van der Waals surface area contributed by atoms with Gasteiger partial charge in [0.15, 0.2) is 0 Å². The fourth-order valence-electron chi connectivity index (χ4n) is 3.70. The molecule has 0 bridgehead atoms. The number of rotatable bonds is 4. The van der Waals surface area contributed by atoms with Crippen LogP contribution < -0.4 is 4.72 Å². The van der Waals surface area contributed by atoms with Crippen LogP contribution in [0.4, 0.5) is 0 Å². The van der Waals surface area contributed by atoms with Crippen molar-refractivity contribution >= 4 is 21.6 Å². The number of nitrogens with zero attached hydrogens (tertiary/aromatic N) is 2. The van der Waals surface area contributed by atoms with Gasteiger partial charge in [-0.15, -0.1) is 0 Å². The monoisotopic (exact) mass is 395 g/mol. The van der Waals surface area contributed by atoms with Crippen LogP contribution in [0.15, 0.2) is 29.2 Å². The molecule has 0 radical (unpaired) electrons. The molecular weight excluding hydrogens is 370 g/mol. The van der Waals surface area contributed by atoms with Crippen LogP contribution in [0, 0.1) is 13.8 Å². The quantitative estimate of drug-likeness (QED) is 0.826. The Kier molecular flexibility index (Phi) is 6.05. The van der Waals surface area contributed by atoms with Crippen molar-refractivity contribution in [1.82, 2.24) is 14.5 Å². The van der Waals surface area contributed by atoms with E-state index in [1.54, 1.807) is 30.7 Å². The molecule has 0 saturated heterocycles. The summed E-state index contributed by atoms with van der Waals surface area (Å²) in [6.07, 6.45) is 7.59. The predicted molar refractivity (Wildman–Crippen MR) is 104 cm³/mol. The molecule has 0 aliphatic heterocycles. The fraction of sp³-hybridized carbons (Fsp3) is 0.526. The summed E-state index contributed by atoms with van der Waals surface area (Å²) in [4.78, 5) is 0.287. The van der Waals surface area contributed by atoms with E-state index in [1.807, 2.05) is 12.1 Å². The smallest absolute Gasteiger partial charge is 0.236 e. The van der Waals surface area contributed by atoms with E-state index in [0.717, 1.165) is 31.4 Å². The first-order valence-electron chi connectivity index (χ1n) is 9.23. The summed E-state index contributed by atoms with van der Waals surface area (Å²) in [5.74, 6) is 0. The van der Waals surface area contributed by atoms with Crippen LogP contribution in [-0.4, -0.2) is 24.2 Å². The second kappa shape index (κ2) is 8.11. The van der Waals surface area contributed by atoms with E-state index in [4.69, 9.17) is 11.6 Å². The van der Waals surface area contributed by atoms with E-state index in [-0.39, 0.29) is 10.9 Å². The Morgan fingerprint density at radius 2 is 1.62 bits per heavy atom. The van der Waals surface area contributed by atoms with Gasteiger partial charge in [-0.1, -0.05) is 43.7 Å². The number of benzene rings is 1. The van der Waals surface area contributed by atoms with Gasteiger partial charge in [-0.25, -0.2) is 17.8 Å². The molecule has 0 atom stereocenters. The molecule has 1 fully saturated rings. The van der Waals surface area contributed by atoms with Gasteiger partial charge in [-0.3, -0.25) is 0 Å². The molecule has 142 valence electrons. The van der Waals surface area contributed by atoms with Crippen molar-refractivity contribution in [2.45, 2.75) is 69.7 Å². The standard InChI is InChI=1S/C19H26ClN3O2S/c1-14-19(15(2)23(21-14)18-12-10-16(20)11-13-18)26(24,25)22-17-8-6-4-3-5-7-9-17/h10-13,17,22H,3-9H2,1-2H3. The SMILES string of the molecule is Cc1nn(-c2ccc(Cl)cc2)c(C)c1S(=O)(=O)NC1CCCCCCC1. The normalized spacial score (nSPS) is 17.0. The summed E-state index contributed by atoms with van der Waals surface area (Å²) >= 11 is 5.95. The highest BCUT2D eigenvalue weighted by Crippen LogP contribution is 2.25. The molecule has 0 unspecified atom stereocenters. The van der Waals surface area contributed by atoms with E-state index in [1.165, 1.54) is 19.3 Å². The van der Waals surface area contributed by atoms with Crippen LogP contribution in [0.1, 0.15) is 56.3 Å². The van der Waals surface area contributed by atoms with E-state index in [0.29, 0.717) is 16.4 Å². The lowest BCUT2D eigenvalue weighted by molar-refractivity contribution is 0.426. The lowest BCUT2D eigenvalue weighted by Crippen LogP contribution is -2.35.